The van der Waals surface area contributed by atoms with Gasteiger partial charge in [0.25, 0.3) is 0 Å². The Balaban J connectivity index is 1.36. The maximum Gasteiger partial charge on any atom is 0.373 e. The highest BCUT2D eigenvalue weighted by Crippen LogP contribution is 2.22. The highest BCUT2D eigenvalue weighted by atomic mass is 17.3. The summed E-state index contributed by atoms with van der Waals surface area (Å²) in [6.45, 7) is 2.00. The number of hydrogen-bond donors (Lipinski definition) is 0. The zero-order valence-corrected chi connectivity index (χ0v) is 20.5. The summed E-state index contributed by atoms with van der Waals surface area (Å²) in [5.41, 5.74) is 4.35. The molecule has 0 amide bonds. The van der Waals surface area contributed by atoms with Crippen LogP contribution in [-0.4, -0.2) is 18.2 Å². The Kier molecular flexibility index (Phi) is 9.18. The molecule has 0 spiro atoms. The molecule has 4 aromatic rings. The SMILES string of the molecule is CCCCC(OOC(=O)c1cccc(-c2ccccc2)c1)OOC(=O)c1cccc(-c2ccccc2)c1. The van der Waals surface area contributed by atoms with Gasteiger partial charge in [-0.1, -0.05) is 98.3 Å². The van der Waals surface area contributed by atoms with E-state index in [1.54, 1.807) is 36.4 Å². The molecule has 0 N–H and O–H groups in total. The third-order valence-electron chi connectivity index (χ3n) is 5.67. The van der Waals surface area contributed by atoms with E-state index in [1.165, 1.54) is 0 Å². The van der Waals surface area contributed by atoms with Gasteiger partial charge in [0.2, 0.25) is 6.29 Å². The van der Waals surface area contributed by atoms with Crippen molar-refractivity contribution < 1.29 is 29.1 Å². The van der Waals surface area contributed by atoms with Gasteiger partial charge in [-0.3, -0.25) is 9.78 Å². The number of rotatable bonds is 11. The molecule has 188 valence electrons. The van der Waals surface area contributed by atoms with E-state index in [0.717, 1.165) is 28.7 Å². The molecule has 0 heterocycles. The van der Waals surface area contributed by atoms with E-state index in [-0.39, 0.29) is 0 Å². The molecular formula is C31H28O6. The van der Waals surface area contributed by atoms with Gasteiger partial charge in [-0.25, -0.2) is 9.59 Å². The zero-order chi connectivity index (χ0) is 25.9. The fourth-order valence-corrected chi connectivity index (χ4v) is 3.69. The topological polar surface area (TPSA) is 71.1 Å². The fourth-order valence-electron chi connectivity index (χ4n) is 3.69. The van der Waals surface area contributed by atoms with Crippen LogP contribution < -0.4 is 0 Å². The lowest BCUT2D eigenvalue weighted by Gasteiger charge is -2.15. The third kappa shape index (κ3) is 7.36. The summed E-state index contributed by atoms with van der Waals surface area (Å²) in [6.07, 6.45) is 0.865. The maximum absolute atomic E-state index is 12.6. The first kappa shape index (κ1) is 25.8. The number of benzene rings is 4. The van der Waals surface area contributed by atoms with E-state index in [4.69, 9.17) is 19.6 Å². The van der Waals surface area contributed by atoms with Gasteiger partial charge < -0.3 is 0 Å². The van der Waals surface area contributed by atoms with Gasteiger partial charge in [-0.2, -0.15) is 0 Å². The van der Waals surface area contributed by atoms with Crippen LogP contribution >= 0.6 is 0 Å². The minimum Gasteiger partial charge on any atom is -0.290 e. The molecule has 0 radical (unpaired) electrons. The van der Waals surface area contributed by atoms with Crippen molar-refractivity contribution in [2.24, 2.45) is 0 Å². The molecule has 4 aromatic carbocycles. The van der Waals surface area contributed by atoms with Crippen LogP contribution in [0.4, 0.5) is 0 Å². The minimum absolute atomic E-state index is 0.324. The molecule has 0 fully saturated rings. The van der Waals surface area contributed by atoms with Gasteiger partial charge in [0.15, 0.2) is 0 Å². The van der Waals surface area contributed by atoms with Crippen molar-refractivity contribution in [3.05, 3.63) is 120 Å². The first-order valence-corrected chi connectivity index (χ1v) is 12.2. The van der Waals surface area contributed by atoms with Gasteiger partial charge in [-0.15, -0.1) is 9.78 Å². The lowest BCUT2D eigenvalue weighted by Crippen LogP contribution is -2.22. The highest BCUT2D eigenvalue weighted by Gasteiger charge is 2.20. The minimum atomic E-state index is -1.07. The first-order chi connectivity index (χ1) is 18.1. The molecule has 6 heteroatoms. The summed E-state index contributed by atoms with van der Waals surface area (Å²) in [4.78, 5) is 45.8. The van der Waals surface area contributed by atoms with Crippen LogP contribution in [0.2, 0.25) is 0 Å². The van der Waals surface area contributed by atoms with Gasteiger partial charge in [0.05, 0.1) is 11.1 Å². The number of hydrogen-bond acceptors (Lipinski definition) is 6. The second-order valence-corrected chi connectivity index (χ2v) is 8.40. The molecule has 0 bridgehead atoms. The quantitative estimate of drug-likeness (QED) is 0.122. The van der Waals surface area contributed by atoms with Crippen molar-refractivity contribution in [3.63, 3.8) is 0 Å². The van der Waals surface area contributed by atoms with Crippen molar-refractivity contribution in [1.29, 1.82) is 0 Å². The second-order valence-electron chi connectivity index (χ2n) is 8.40. The summed E-state index contributed by atoms with van der Waals surface area (Å²) in [7, 11) is 0. The van der Waals surface area contributed by atoms with Gasteiger partial charge in [0, 0.05) is 6.42 Å². The average Bonchev–Trinajstić information content (AvgIpc) is 2.97. The molecular weight excluding hydrogens is 468 g/mol. The molecule has 4 rings (SSSR count). The predicted molar refractivity (Wildman–Crippen MR) is 140 cm³/mol. The number of unbranched alkanes of at least 4 members (excludes halogenated alkanes) is 1. The number of carbonyl (C=O) groups excluding carboxylic acids is 2. The predicted octanol–water partition coefficient (Wildman–Crippen LogP) is 7.41. The molecule has 0 aliphatic rings. The Labute approximate surface area is 216 Å². The highest BCUT2D eigenvalue weighted by molar-refractivity contribution is 5.91. The molecule has 0 aromatic heterocycles. The van der Waals surface area contributed by atoms with Crippen LogP contribution in [0.1, 0.15) is 46.9 Å². The summed E-state index contributed by atoms with van der Waals surface area (Å²) >= 11 is 0. The lowest BCUT2D eigenvalue weighted by atomic mass is 10.0. The standard InChI is InChI=1S/C31H28O6/c1-2-3-20-29(34-36-30(32)27-18-10-16-25(21-27)23-12-6-4-7-13-23)35-37-31(33)28-19-11-17-26(22-28)24-14-8-5-9-15-24/h4-19,21-22,29H,2-3,20H2,1H3. The smallest absolute Gasteiger partial charge is 0.290 e. The molecule has 0 aliphatic heterocycles. The maximum atomic E-state index is 12.6. The number of carbonyl (C=O) groups is 2. The molecule has 37 heavy (non-hydrogen) atoms. The van der Waals surface area contributed by atoms with Gasteiger partial charge >= 0.3 is 11.9 Å². The summed E-state index contributed by atoms with van der Waals surface area (Å²) in [5, 5.41) is 0. The third-order valence-corrected chi connectivity index (χ3v) is 5.67. The summed E-state index contributed by atoms with van der Waals surface area (Å²) < 4.78 is 0. The van der Waals surface area contributed by atoms with Crippen LogP contribution in [0.15, 0.2) is 109 Å². The first-order valence-electron chi connectivity index (χ1n) is 12.2. The van der Waals surface area contributed by atoms with Crippen molar-refractivity contribution in [2.45, 2.75) is 32.5 Å². The van der Waals surface area contributed by atoms with Crippen molar-refractivity contribution in [2.75, 3.05) is 0 Å². The largest absolute Gasteiger partial charge is 0.373 e. The molecule has 0 saturated heterocycles. The zero-order valence-electron chi connectivity index (χ0n) is 20.5. The molecule has 0 atom stereocenters. The molecule has 6 nitrogen and oxygen atoms in total. The molecule has 0 saturated carbocycles. The molecule has 0 unspecified atom stereocenters. The average molecular weight is 497 g/mol. The van der Waals surface area contributed by atoms with Crippen LogP contribution in [-0.2, 0) is 19.6 Å². The van der Waals surface area contributed by atoms with Crippen molar-refractivity contribution in [1.82, 2.24) is 0 Å². The Morgan fingerprint density at radius 1 is 0.595 bits per heavy atom. The Hall–Kier alpha value is -4.26. The molecule has 0 aliphatic carbocycles. The van der Waals surface area contributed by atoms with Crippen LogP contribution in [0.5, 0.6) is 0 Å². The van der Waals surface area contributed by atoms with E-state index in [2.05, 4.69) is 0 Å². The van der Waals surface area contributed by atoms with Gasteiger partial charge in [-0.05, 0) is 52.9 Å². The van der Waals surface area contributed by atoms with Crippen LogP contribution in [0, 0.1) is 0 Å². The van der Waals surface area contributed by atoms with Crippen LogP contribution in [0.3, 0.4) is 0 Å². The van der Waals surface area contributed by atoms with Crippen molar-refractivity contribution >= 4 is 11.9 Å². The second kappa shape index (κ2) is 13.2. The van der Waals surface area contributed by atoms with E-state index in [1.807, 2.05) is 79.7 Å². The fraction of sp³-hybridized carbons (Fsp3) is 0.161. The van der Waals surface area contributed by atoms with E-state index in [0.29, 0.717) is 24.0 Å². The summed E-state index contributed by atoms with van der Waals surface area (Å²) in [5.74, 6) is -1.35. The van der Waals surface area contributed by atoms with Crippen LogP contribution in [0.25, 0.3) is 22.3 Å². The Morgan fingerprint density at radius 3 is 1.46 bits per heavy atom. The Bertz CT molecular complexity index is 1200. The summed E-state index contributed by atoms with van der Waals surface area (Å²) in [6, 6.07) is 33.5. The lowest BCUT2D eigenvalue weighted by molar-refractivity contribution is -0.421. The Morgan fingerprint density at radius 2 is 1.03 bits per heavy atom. The normalized spacial score (nSPS) is 10.8. The van der Waals surface area contributed by atoms with E-state index >= 15 is 0 Å². The van der Waals surface area contributed by atoms with E-state index < -0.39 is 18.2 Å². The monoisotopic (exact) mass is 496 g/mol. The van der Waals surface area contributed by atoms with Crippen molar-refractivity contribution in [3.8, 4) is 22.3 Å². The van der Waals surface area contributed by atoms with E-state index in [9.17, 15) is 9.59 Å². The van der Waals surface area contributed by atoms with Gasteiger partial charge in [0.1, 0.15) is 0 Å².